The van der Waals surface area contributed by atoms with Crippen molar-refractivity contribution in [3.05, 3.63) is 72.8 Å². The van der Waals surface area contributed by atoms with Gasteiger partial charge in [0.1, 0.15) is 17.6 Å². The first-order valence-corrected chi connectivity index (χ1v) is 15.4. The smallest absolute Gasteiger partial charge is 0.310 e. The Kier molecular flexibility index (Phi) is 8.68. The topological polar surface area (TPSA) is 111 Å². The highest BCUT2D eigenvalue weighted by atomic mass is 16.5. The number of aliphatic hydroxyl groups excluding tert-OH is 1. The molecule has 0 saturated carbocycles. The molecule has 2 N–H and O–H groups in total. The fourth-order valence-corrected chi connectivity index (χ4v) is 7.87. The minimum absolute atomic E-state index is 0.187. The summed E-state index contributed by atoms with van der Waals surface area (Å²) in [5, 5.41) is 21.1. The first-order valence-electron chi connectivity index (χ1n) is 15.4. The summed E-state index contributed by atoms with van der Waals surface area (Å²) in [4.78, 5) is 47.3. The fraction of sp³-hybridized carbons (Fsp3) is 0.500. The standard InChI is InChI=1S/C34H43N3O6/c1-5-20-36(25-16-14-24(15-17-25)35(7-3)8-4)31(40)29-34-19-18-33(6-2,43-34)28(32(41)42)27(34)30(39)37(29)26(22-38)21-23-12-10-9-11-13-23/h5,9-17,26-29,38H,1,6-8,18-22H2,2-4H3,(H,41,42)/t26-,27+,28+,29?,33-,34?/m1/s1. The number of nitrogens with zero attached hydrogens (tertiary/aromatic N) is 3. The SMILES string of the molecule is C=CCN(C(=O)C1N([C@@H](CO)Cc2ccccc2)C(=O)[C@@H]2[C@@H](C(=O)O)[C@@]3(CC)CCC12O3)c1ccc(N(CC)CC)cc1. The third-order valence-electron chi connectivity index (χ3n) is 9.90. The number of rotatable bonds is 13. The number of hydrogen-bond acceptors (Lipinski definition) is 6. The zero-order valence-electron chi connectivity index (χ0n) is 25.3. The lowest BCUT2D eigenvalue weighted by Gasteiger charge is -2.39. The molecule has 2 aromatic carbocycles. The van der Waals surface area contributed by atoms with E-state index in [1.165, 1.54) is 4.90 Å². The molecule has 3 aliphatic heterocycles. The van der Waals surface area contributed by atoms with Crippen LogP contribution in [0, 0.1) is 11.8 Å². The first-order chi connectivity index (χ1) is 20.7. The van der Waals surface area contributed by atoms with E-state index in [0.29, 0.717) is 31.4 Å². The van der Waals surface area contributed by atoms with Crippen molar-refractivity contribution < 1.29 is 29.3 Å². The molecule has 9 heteroatoms. The van der Waals surface area contributed by atoms with Gasteiger partial charge in [0.25, 0.3) is 5.91 Å². The molecule has 0 aliphatic carbocycles. The molecule has 2 unspecified atom stereocenters. The Labute approximate surface area is 253 Å². The van der Waals surface area contributed by atoms with Gasteiger partial charge in [-0.2, -0.15) is 0 Å². The van der Waals surface area contributed by atoms with Crippen molar-refractivity contribution in [2.45, 2.75) is 69.7 Å². The lowest BCUT2D eigenvalue weighted by molar-refractivity contribution is -0.157. The quantitative estimate of drug-likeness (QED) is 0.341. The van der Waals surface area contributed by atoms with Crippen molar-refractivity contribution in [2.75, 3.05) is 36.0 Å². The molecule has 3 saturated heterocycles. The molecule has 0 aromatic heterocycles. The second kappa shape index (κ2) is 12.1. The van der Waals surface area contributed by atoms with E-state index in [-0.39, 0.29) is 19.1 Å². The van der Waals surface area contributed by atoms with Gasteiger partial charge in [-0.25, -0.2) is 0 Å². The molecular weight excluding hydrogens is 546 g/mol. The summed E-state index contributed by atoms with van der Waals surface area (Å²) in [6.07, 6.45) is 3.21. The number of carboxylic acids is 1. The Balaban J connectivity index is 1.60. The van der Waals surface area contributed by atoms with Crippen molar-refractivity contribution in [1.29, 1.82) is 0 Å². The number of carboxylic acid groups (broad SMARTS) is 1. The van der Waals surface area contributed by atoms with E-state index in [2.05, 4.69) is 25.3 Å². The molecule has 6 atom stereocenters. The summed E-state index contributed by atoms with van der Waals surface area (Å²) in [7, 11) is 0. The van der Waals surface area contributed by atoms with Gasteiger partial charge in [-0.15, -0.1) is 6.58 Å². The summed E-state index contributed by atoms with van der Waals surface area (Å²) >= 11 is 0. The molecule has 2 aromatic rings. The van der Waals surface area contributed by atoms with Crippen LogP contribution in [-0.4, -0.2) is 82.4 Å². The number of aliphatic hydroxyl groups is 1. The maximum Gasteiger partial charge on any atom is 0.310 e. The van der Waals surface area contributed by atoms with Crippen molar-refractivity contribution in [3.8, 4) is 0 Å². The number of likely N-dealkylation sites (tertiary alicyclic amines) is 1. The van der Waals surface area contributed by atoms with Gasteiger partial charge >= 0.3 is 5.97 Å². The van der Waals surface area contributed by atoms with Crippen LogP contribution in [-0.2, 0) is 25.5 Å². The van der Waals surface area contributed by atoms with Gasteiger partial charge in [-0.3, -0.25) is 14.4 Å². The molecule has 0 radical (unpaired) electrons. The molecule has 1 spiro atoms. The first kappa shape index (κ1) is 30.8. The maximum absolute atomic E-state index is 14.9. The Bertz CT molecular complexity index is 1350. The largest absolute Gasteiger partial charge is 0.481 e. The molecule has 3 heterocycles. The van der Waals surface area contributed by atoms with E-state index < -0.39 is 47.0 Å². The monoisotopic (exact) mass is 589 g/mol. The van der Waals surface area contributed by atoms with Gasteiger partial charge in [0, 0.05) is 31.0 Å². The lowest BCUT2D eigenvalue weighted by Crippen LogP contribution is -2.59. The normalized spacial score (nSPS) is 28.0. The van der Waals surface area contributed by atoms with Gasteiger partial charge in [0.2, 0.25) is 5.91 Å². The van der Waals surface area contributed by atoms with E-state index >= 15 is 0 Å². The van der Waals surface area contributed by atoms with E-state index in [4.69, 9.17) is 4.74 Å². The number of anilines is 2. The second-order valence-corrected chi connectivity index (χ2v) is 11.9. The highest BCUT2D eigenvalue weighted by Gasteiger charge is 2.79. The van der Waals surface area contributed by atoms with Crippen LogP contribution in [0.2, 0.25) is 0 Å². The number of amides is 2. The average molecular weight is 590 g/mol. The molecule has 3 aliphatic rings. The van der Waals surface area contributed by atoms with Gasteiger partial charge in [-0.05, 0) is 69.4 Å². The molecule has 2 bridgehead atoms. The molecule has 43 heavy (non-hydrogen) atoms. The maximum atomic E-state index is 14.9. The van der Waals surface area contributed by atoms with Crippen LogP contribution < -0.4 is 9.80 Å². The predicted octanol–water partition coefficient (Wildman–Crippen LogP) is 3.89. The summed E-state index contributed by atoms with van der Waals surface area (Å²) in [5.41, 5.74) is 0.253. The summed E-state index contributed by atoms with van der Waals surface area (Å²) < 4.78 is 6.71. The Hall–Kier alpha value is -3.69. The third kappa shape index (κ3) is 4.92. The van der Waals surface area contributed by atoms with Crippen LogP contribution in [0.15, 0.2) is 67.3 Å². The Morgan fingerprint density at radius 3 is 2.28 bits per heavy atom. The second-order valence-electron chi connectivity index (χ2n) is 11.9. The van der Waals surface area contributed by atoms with Crippen LogP contribution >= 0.6 is 0 Å². The minimum atomic E-state index is -1.31. The number of benzene rings is 2. The number of fused-ring (bicyclic) bond motifs is 1. The molecule has 9 nitrogen and oxygen atoms in total. The molecule has 3 fully saturated rings. The fourth-order valence-electron chi connectivity index (χ4n) is 7.87. The molecule has 5 rings (SSSR count). The van der Waals surface area contributed by atoms with Crippen molar-refractivity contribution in [3.63, 3.8) is 0 Å². The number of hydrogen-bond donors (Lipinski definition) is 2. The van der Waals surface area contributed by atoms with Gasteiger partial charge < -0.3 is 29.6 Å². The Morgan fingerprint density at radius 2 is 1.72 bits per heavy atom. The predicted molar refractivity (Wildman–Crippen MR) is 165 cm³/mol. The van der Waals surface area contributed by atoms with Crippen molar-refractivity contribution >= 4 is 29.2 Å². The van der Waals surface area contributed by atoms with Crippen LogP contribution in [0.25, 0.3) is 0 Å². The number of carbonyl (C=O) groups excluding carboxylic acids is 2. The molecule has 2 amide bonds. The third-order valence-corrected chi connectivity index (χ3v) is 9.90. The highest BCUT2D eigenvalue weighted by Crippen LogP contribution is 2.64. The van der Waals surface area contributed by atoms with Crippen LogP contribution in [0.3, 0.4) is 0 Å². The zero-order valence-corrected chi connectivity index (χ0v) is 25.3. The summed E-state index contributed by atoms with van der Waals surface area (Å²) in [6.45, 7) is 11.4. The van der Waals surface area contributed by atoms with Gasteiger partial charge in [0.15, 0.2) is 0 Å². The van der Waals surface area contributed by atoms with Crippen LogP contribution in [0.5, 0.6) is 0 Å². The summed E-state index contributed by atoms with van der Waals surface area (Å²) in [6, 6.07) is 15.4. The zero-order chi connectivity index (χ0) is 30.9. The van der Waals surface area contributed by atoms with Gasteiger partial charge in [0.05, 0.1) is 24.2 Å². The van der Waals surface area contributed by atoms with Crippen LogP contribution in [0.4, 0.5) is 11.4 Å². The minimum Gasteiger partial charge on any atom is -0.481 e. The van der Waals surface area contributed by atoms with Crippen molar-refractivity contribution in [2.24, 2.45) is 11.8 Å². The van der Waals surface area contributed by atoms with E-state index in [0.717, 1.165) is 24.3 Å². The molecular formula is C34H43N3O6. The van der Waals surface area contributed by atoms with Gasteiger partial charge in [-0.1, -0.05) is 43.3 Å². The van der Waals surface area contributed by atoms with E-state index in [1.807, 2.05) is 61.5 Å². The van der Waals surface area contributed by atoms with E-state index in [1.54, 1.807) is 11.0 Å². The van der Waals surface area contributed by atoms with Crippen LogP contribution in [0.1, 0.15) is 45.6 Å². The number of ether oxygens (including phenoxy) is 1. The average Bonchev–Trinajstić information content (AvgIpc) is 3.63. The van der Waals surface area contributed by atoms with E-state index in [9.17, 15) is 24.6 Å². The lowest BCUT2D eigenvalue weighted by atomic mass is 9.65. The molecule has 230 valence electrons. The number of carbonyl (C=O) groups is 3. The van der Waals surface area contributed by atoms with Crippen molar-refractivity contribution in [1.82, 2.24) is 4.90 Å². The highest BCUT2D eigenvalue weighted by molar-refractivity contribution is 6.05. The Morgan fingerprint density at radius 1 is 1.07 bits per heavy atom. The summed E-state index contributed by atoms with van der Waals surface area (Å²) in [5.74, 6) is -3.99. The number of aliphatic carboxylic acids is 1.